The van der Waals surface area contributed by atoms with E-state index >= 15 is 0 Å². The molecule has 2 aliphatic heterocycles. The van der Waals surface area contributed by atoms with Crippen molar-refractivity contribution in [3.05, 3.63) is 71.3 Å². The third kappa shape index (κ3) is 3.58. The largest absolute Gasteiger partial charge is 0.478 e. The topological polar surface area (TPSA) is 61.8 Å². The van der Waals surface area contributed by atoms with Gasteiger partial charge in [0.2, 0.25) is 0 Å². The van der Waals surface area contributed by atoms with Gasteiger partial charge in [-0.2, -0.15) is 0 Å². The monoisotopic (exact) mass is 378 g/mol. The number of carbonyl (C=O) groups is 1. The lowest BCUT2D eigenvalue weighted by Gasteiger charge is -2.47. The Morgan fingerprint density at radius 1 is 1.14 bits per heavy atom. The van der Waals surface area contributed by atoms with Crippen molar-refractivity contribution in [1.82, 2.24) is 10.2 Å². The van der Waals surface area contributed by atoms with Crippen LogP contribution in [0.1, 0.15) is 40.2 Å². The molecule has 1 spiro atoms. The van der Waals surface area contributed by atoms with Crippen LogP contribution in [0.2, 0.25) is 0 Å². The standard InChI is InChI=1S/C23H26N2O3/c26-22(27)18-8-6-16(7-9-18)12-25-14-23(15-25)11-19(13-28-23)24-21-10-20(21)17-4-2-1-3-5-17/h1-9,19-21,24H,10-15H2,(H,26,27)/t19?,20-,21?/m0/s1. The number of nitrogens with one attached hydrogen (secondary N) is 1. The quantitative estimate of drug-likeness (QED) is 0.809. The summed E-state index contributed by atoms with van der Waals surface area (Å²) in [5.41, 5.74) is 2.94. The number of hydrogen-bond acceptors (Lipinski definition) is 4. The number of likely N-dealkylation sites (tertiary alicyclic amines) is 1. The summed E-state index contributed by atoms with van der Waals surface area (Å²) in [6.45, 7) is 3.57. The predicted octanol–water partition coefficient (Wildman–Crippen LogP) is 2.87. The lowest BCUT2D eigenvalue weighted by molar-refractivity contribution is -0.114. The van der Waals surface area contributed by atoms with Gasteiger partial charge in [0.15, 0.2) is 0 Å². The molecular weight excluding hydrogens is 352 g/mol. The summed E-state index contributed by atoms with van der Waals surface area (Å²) in [5, 5.41) is 12.8. The van der Waals surface area contributed by atoms with Crippen molar-refractivity contribution in [2.75, 3.05) is 19.7 Å². The van der Waals surface area contributed by atoms with Crippen LogP contribution in [0.3, 0.4) is 0 Å². The number of aromatic carboxylic acids is 1. The van der Waals surface area contributed by atoms with Gasteiger partial charge in [0.1, 0.15) is 0 Å². The highest BCUT2D eigenvalue weighted by Crippen LogP contribution is 2.43. The fourth-order valence-corrected chi connectivity index (χ4v) is 4.81. The first kappa shape index (κ1) is 17.9. The van der Waals surface area contributed by atoms with E-state index in [-0.39, 0.29) is 5.60 Å². The average Bonchev–Trinajstić information content (AvgIpc) is 3.32. The van der Waals surface area contributed by atoms with Crippen molar-refractivity contribution >= 4 is 5.97 Å². The summed E-state index contributed by atoms with van der Waals surface area (Å²) in [6, 6.07) is 19.0. The molecule has 1 aliphatic carbocycles. The van der Waals surface area contributed by atoms with Gasteiger partial charge in [-0.25, -0.2) is 4.79 Å². The van der Waals surface area contributed by atoms with E-state index in [1.54, 1.807) is 12.1 Å². The van der Waals surface area contributed by atoms with Gasteiger partial charge >= 0.3 is 5.97 Å². The SMILES string of the molecule is O=C(O)c1ccc(CN2CC3(CC(NC4C[C@H]4c4ccccc4)CO3)C2)cc1. The fourth-order valence-electron chi connectivity index (χ4n) is 4.81. The van der Waals surface area contributed by atoms with E-state index in [1.807, 2.05) is 12.1 Å². The Morgan fingerprint density at radius 3 is 2.61 bits per heavy atom. The van der Waals surface area contributed by atoms with Crippen LogP contribution in [0.15, 0.2) is 54.6 Å². The maximum atomic E-state index is 11.0. The zero-order valence-electron chi connectivity index (χ0n) is 15.9. The Hall–Kier alpha value is -2.21. The van der Waals surface area contributed by atoms with Gasteiger partial charge in [0.25, 0.3) is 0 Å². The minimum Gasteiger partial charge on any atom is -0.478 e. The summed E-state index contributed by atoms with van der Waals surface area (Å²) < 4.78 is 6.20. The highest BCUT2D eigenvalue weighted by atomic mass is 16.5. The van der Waals surface area contributed by atoms with Crippen molar-refractivity contribution in [2.24, 2.45) is 0 Å². The number of hydrogen-bond donors (Lipinski definition) is 2. The highest BCUT2D eigenvalue weighted by Gasteiger charge is 2.51. The molecule has 2 saturated heterocycles. The van der Waals surface area contributed by atoms with Crippen molar-refractivity contribution in [3.8, 4) is 0 Å². The van der Waals surface area contributed by atoms with E-state index in [0.717, 1.165) is 38.2 Å². The van der Waals surface area contributed by atoms with Crippen LogP contribution in [-0.2, 0) is 11.3 Å². The molecule has 3 aliphatic rings. The molecule has 2 N–H and O–H groups in total. The number of nitrogens with zero attached hydrogens (tertiary/aromatic N) is 1. The first-order valence-corrected chi connectivity index (χ1v) is 10.1. The van der Waals surface area contributed by atoms with Crippen molar-refractivity contribution in [2.45, 2.75) is 43.0 Å². The molecular formula is C23H26N2O3. The number of carboxylic acid groups (broad SMARTS) is 1. The predicted molar refractivity (Wildman–Crippen MR) is 106 cm³/mol. The fraction of sp³-hybridized carbons (Fsp3) is 0.435. The molecule has 2 aromatic rings. The Kier molecular flexibility index (Phi) is 4.46. The molecule has 3 atom stereocenters. The van der Waals surface area contributed by atoms with E-state index in [2.05, 4.69) is 40.5 Å². The summed E-state index contributed by atoms with van der Waals surface area (Å²) in [7, 11) is 0. The van der Waals surface area contributed by atoms with Gasteiger partial charge in [-0.1, -0.05) is 42.5 Å². The second kappa shape index (κ2) is 6.99. The lowest BCUT2D eigenvalue weighted by Crippen LogP contribution is -2.61. The Balaban J connectivity index is 1.08. The molecule has 0 bridgehead atoms. The molecule has 28 heavy (non-hydrogen) atoms. The van der Waals surface area contributed by atoms with Crippen molar-refractivity contribution in [1.29, 1.82) is 0 Å². The van der Waals surface area contributed by atoms with Crippen LogP contribution in [-0.4, -0.2) is 53.4 Å². The smallest absolute Gasteiger partial charge is 0.335 e. The molecule has 5 heteroatoms. The van der Waals surface area contributed by atoms with Crippen LogP contribution < -0.4 is 5.32 Å². The highest BCUT2D eigenvalue weighted by molar-refractivity contribution is 5.87. The van der Waals surface area contributed by atoms with Crippen LogP contribution >= 0.6 is 0 Å². The van der Waals surface area contributed by atoms with Crippen LogP contribution in [0, 0.1) is 0 Å². The summed E-state index contributed by atoms with van der Waals surface area (Å²) in [6.07, 6.45) is 2.31. The van der Waals surface area contributed by atoms with Gasteiger partial charge in [-0.05, 0) is 36.1 Å². The van der Waals surface area contributed by atoms with E-state index in [0.29, 0.717) is 23.6 Å². The molecule has 5 rings (SSSR count). The van der Waals surface area contributed by atoms with Gasteiger partial charge in [0, 0.05) is 37.6 Å². The van der Waals surface area contributed by atoms with E-state index < -0.39 is 5.97 Å². The average molecular weight is 378 g/mol. The van der Waals surface area contributed by atoms with Gasteiger partial charge in [-0.15, -0.1) is 0 Å². The second-order valence-electron chi connectivity index (χ2n) is 8.57. The Labute approximate surface area is 165 Å². The van der Waals surface area contributed by atoms with E-state index in [1.165, 1.54) is 12.0 Å². The first-order chi connectivity index (χ1) is 13.6. The normalized spacial score (nSPS) is 28.2. The minimum absolute atomic E-state index is 0.00973. The molecule has 2 unspecified atom stereocenters. The molecule has 0 amide bonds. The minimum atomic E-state index is -0.877. The summed E-state index contributed by atoms with van der Waals surface area (Å²) >= 11 is 0. The molecule has 1 saturated carbocycles. The maximum absolute atomic E-state index is 11.0. The molecule has 146 valence electrons. The van der Waals surface area contributed by atoms with Gasteiger partial charge in [0.05, 0.1) is 17.8 Å². The number of rotatable bonds is 6. The van der Waals surface area contributed by atoms with Crippen LogP contribution in [0.4, 0.5) is 0 Å². The first-order valence-electron chi connectivity index (χ1n) is 10.1. The Bertz CT molecular complexity index is 846. The van der Waals surface area contributed by atoms with E-state index in [4.69, 9.17) is 9.84 Å². The van der Waals surface area contributed by atoms with E-state index in [9.17, 15) is 4.79 Å². The third-order valence-corrected chi connectivity index (χ3v) is 6.31. The van der Waals surface area contributed by atoms with Crippen molar-refractivity contribution in [3.63, 3.8) is 0 Å². The summed E-state index contributed by atoms with van der Waals surface area (Å²) in [5.74, 6) is -0.220. The molecule has 2 heterocycles. The Morgan fingerprint density at radius 2 is 1.89 bits per heavy atom. The number of carboxylic acids is 1. The van der Waals surface area contributed by atoms with Crippen LogP contribution in [0.25, 0.3) is 0 Å². The molecule has 3 fully saturated rings. The summed E-state index contributed by atoms with van der Waals surface area (Å²) in [4.78, 5) is 13.3. The van der Waals surface area contributed by atoms with Crippen molar-refractivity contribution < 1.29 is 14.6 Å². The zero-order valence-corrected chi connectivity index (χ0v) is 15.9. The van der Waals surface area contributed by atoms with Gasteiger partial charge < -0.3 is 15.2 Å². The molecule has 0 aromatic heterocycles. The van der Waals surface area contributed by atoms with Crippen LogP contribution in [0.5, 0.6) is 0 Å². The zero-order chi connectivity index (χ0) is 19.1. The lowest BCUT2D eigenvalue weighted by atomic mass is 9.89. The third-order valence-electron chi connectivity index (χ3n) is 6.31. The second-order valence-corrected chi connectivity index (χ2v) is 8.57. The molecule has 2 aromatic carbocycles. The number of benzene rings is 2. The molecule has 0 radical (unpaired) electrons. The van der Waals surface area contributed by atoms with Gasteiger partial charge in [-0.3, -0.25) is 4.90 Å². The maximum Gasteiger partial charge on any atom is 0.335 e. The number of ether oxygens (including phenoxy) is 1. The molecule has 5 nitrogen and oxygen atoms in total.